The average Bonchev–Trinajstić information content (AvgIpc) is 2.30. The number of nitrogens with one attached hydrogen (secondary N) is 3. The van der Waals surface area contributed by atoms with Crippen molar-refractivity contribution in [2.45, 2.75) is 40.7 Å². The van der Waals surface area contributed by atoms with E-state index in [2.05, 4.69) is 16.0 Å². The number of rotatable bonds is 7. The van der Waals surface area contributed by atoms with E-state index in [4.69, 9.17) is 0 Å². The highest BCUT2D eigenvalue weighted by atomic mass is 16.2. The lowest BCUT2D eigenvalue weighted by Crippen LogP contribution is -2.50. The molecule has 0 spiro atoms. The summed E-state index contributed by atoms with van der Waals surface area (Å²) in [7, 11) is 0. The number of hydrogen-bond donors (Lipinski definition) is 3. The standard InChI is InChI=1S/C13H25N3O3/c1-8(2)11(16-10(5)17)13(19)15-7-6-14-12(18)9(3)4/h8-9,11H,6-7H2,1-5H3,(H,14,18)(H,15,19)(H,16,17). The average molecular weight is 271 g/mol. The molecule has 0 aromatic rings. The van der Waals surface area contributed by atoms with Crippen molar-refractivity contribution >= 4 is 17.7 Å². The van der Waals surface area contributed by atoms with Crippen molar-refractivity contribution < 1.29 is 14.4 Å². The van der Waals surface area contributed by atoms with Crippen LogP contribution < -0.4 is 16.0 Å². The second-order valence-corrected chi connectivity index (χ2v) is 5.16. The first-order valence-electron chi connectivity index (χ1n) is 6.58. The molecule has 0 aliphatic carbocycles. The van der Waals surface area contributed by atoms with Gasteiger partial charge in [0.15, 0.2) is 0 Å². The largest absolute Gasteiger partial charge is 0.354 e. The van der Waals surface area contributed by atoms with Gasteiger partial charge in [0.2, 0.25) is 17.7 Å². The number of carbonyl (C=O) groups excluding carboxylic acids is 3. The van der Waals surface area contributed by atoms with Crippen LogP contribution in [-0.4, -0.2) is 36.9 Å². The van der Waals surface area contributed by atoms with Gasteiger partial charge in [-0.25, -0.2) is 0 Å². The minimum Gasteiger partial charge on any atom is -0.354 e. The summed E-state index contributed by atoms with van der Waals surface area (Å²) in [6, 6.07) is -0.543. The molecule has 0 heterocycles. The van der Waals surface area contributed by atoms with Crippen molar-refractivity contribution in [1.29, 1.82) is 0 Å². The van der Waals surface area contributed by atoms with Gasteiger partial charge in [-0.05, 0) is 5.92 Å². The summed E-state index contributed by atoms with van der Waals surface area (Å²) >= 11 is 0. The van der Waals surface area contributed by atoms with Gasteiger partial charge in [-0.3, -0.25) is 14.4 Å². The Morgan fingerprint density at radius 1 is 0.895 bits per heavy atom. The van der Waals surface area contributed by atoms with Gasteiger partial charge in [0.05, 0.1) is 0 Å². The predicted octanol–water partition coefficient (Wildman–Crippen LogP) is 0.0355. The van der Waals surface area contributed by atoms with E-state index in [-0.39, 0.29) is 29.6 Å². The molecule has 0 fully saturated rings. The van der Waals surface area contributed by atoms with Crippen LogP contribution in [-0.2, 0) is 14.4 Å². The number of carbonyl (C=O) groups is 3. The van der Waals surface area contributed by atoms with Gasteiger partial charge >= 0.3 is 0 Å². The maximum Gasteiger partial charge on any atom is 0.242 e. The highest BCUT2D eigenvalue weighted by Gasteiger charge is 2.22. The summed E-state index contributed by atoms with van der Waals surface area (Å²) in [6.45, 7) is 9.44. The second kappa shape index (κ2) is 8.50. The van der Waals surface area contributed by atoms with E-state index in [0.717, 1.165) is 0 Å². The van der Waals surface area contributed by atoms with E-state index in [1.807, 2.05) is 13.8 Å². The molecule has 0 aromatic heterocycles. The monoisotopic (exact) mass is 271 g/mol. The van der Waals surface area contributed by atoms with E-state index in [9.17, 15) is 14.4 Å². The summed E-state index contributed by atoms with van der Waals surface area (Å²) in [6.07, 6.45) is 0. The van der Waals surface area contributed by atoms with Crippen LogP contribution in [0.25, 0.3) is 0 Å². The Morgan fingerprint density at radius 2 is 1.37 bits per heavy atom. The van der Waals surface area contributed by atoms with Crippen LogP contribution in [0.3, 0.4) is 0 Å². The molecular formula is C13H25N3O3. The van der Waals surface area contributed by atoms with Gasteiger partial charge in [0, 0.05) is 25.9 Å². The molecule has 3 amide bonds. The van der Waals surface area contributed by atoms with E-state index in [1.165, 1.54) is 6.92 Å². The first-order chi connectivity index (χ1) is 8.75. The lowest BCUT2D eigenvalue weighted by Gasteiger charge is -2.21. The molecule has 0 saturated carbocycles. The summed E-state index contributed by atoms with van der Waals surface area (Å²) < 4.78 is 0. The summed E-state index contributed by atoms with van der Waals surface area (Å²) in [5.41, 5.74) is 0. The third kappa shape index (κ3) is 7.43. The Hall–Kier alpha value is -1.59. The van der Waals surface area contributed by atoms with Crippen LogP contribution in [0.1, 0.15) is 34.6 Å². The van der Waals surface area contributed by atoms with E-state index < -0.39 is 6.04 Å². The molecule has 0 bridgehead atoms. The maximum atomic E-state index is 11.9. The minimum atomic E-state index is -0.543. The van der Waals surface area contributed by atoms with Crippen LogP contribution in [0, 0.1) is 11.8 Å². The Balaban J connectivity index is 4.07. The second-order valence-electron chi connectivity index (χ2n) is 5.16. The van der Waals surface area contributed by atoms with Crippen molar-refractivity contribution in [1.82, 2.24) is 16.0 Å². The smallest absolute Gasteiger partial charge is 0.242 e. The topological polar surface area (TPSA) is 87.3 Å². The van der Waals surface area contributed by atoms with Crippen molar-refractivity contribution in [3.05, 3.63) is 0 Å². The molecule has 3 N–H and O–H groups in total. The van der Waals surface area contributed by atoms with Crippen molar-refractivity contribution in [2.75, 3.05) is 13.1 Å². The van der Waals surface area contributed by atoms with Crippen LogP contribution in [0.2, 0.25) is 0 Å². The highest BCUT2D eigenvalue weighted by molar-refractivity contribution is 5.87. The SMILES string of the molecule is CC(=O)NC(C(=O)NCCNC(=O)C(C)C)C(C)C. The summed E-state index contributed by atoms with van der Waals surface area (Å²) in [5, 5.41) is 8.01. The Bertz CT molecular complexity index is 327. The molecule has 6 nitrogen and oxygen atoms in total. The third-order valence-corrected chi connectivity index (χ3v) is 2.56. The fraction of sp³-hybridized carbons (Fsp3) is 0.769. The molecule has 110 valence electrons. The van der Waals surface area contributed by atoms with Gasteiger partial charge in [-0.15, -0.1) is 0 Å². The molecule has 0 rings (SSSR count). The van der Waals surface area contributed by atoms with Gasteiger partial charge in [-0.2, -0.15) is 0 Å². The molecule has 0 saturated heterocycles. The number of amides is 3. The molecule has 0 aliphatic rings. The third-order valence-electron chi connectivity index (χ3n) is 2.56. The quantitative estimate of drug-likeness (QED) is 0.571. The molecule has 1 unspecified atom stereocenters. The Kier molecular flexibility index (Phi) is 7.79. The fourth-order valence-corrected chi connectivity index (χ4v) is 1.44. The molecule has 19 heavy (non-hydrogen) atoms. The normalized spacial score (nSPS) is 12.2. The molecule has 6 heteroatoms. The van der Waals surface area contributed by atoms with Crippen molar-refractivity contribution in [3.8, 4) is 0 Å². The molecular weight excluding hydrogens is 246 g/mol. The van der Waals surface area contributed by atoms with Gasteiger partial charge in [0.1, 0.15) is 6.04 Å². The van der Waals surface area contributed by atoms with E-state index in [1.54, 1.807) is 13.8 Å². The van der Waals surface area contributed by atoms with E-state index in [0.29, 0.717) is 13.1 Å². The zero-order valence-electron chi connectivity index (χ0n) is 12.4. The Morgan fingerprint density at radius 3 is 1.74 bits per heavy atom. The lowest BCUT2D eigenvalue weighted by atomic mass is 10.0. The maximum absolute atomic E-state index is 11.9. The molecule has 0 aromatic carbocycles. The molecule has 1 atom stereocenters. The minimum absolute atomic E-state index is 0.00848. The van der Waals surface area contributed by atoms with Crippen LogP contribution in [0.15, 0.2) is 0 Å². The first kappa shape index (κ1) is 17.4. The van der Waals surface area contributed by atoms with Gasteiger partial charge < -0.3 is 16.0 Å². The molecule has 0 aliphatic heterocycles. The summed E-state index contributed by atoms with van der Waals surface area (Å²) in [5.74, 6) is -0.574. The Labute approximate surface area is 114 Å². The zero-order chi connectivity index (χ0) is 15.0. The molecule has 0 radical (unpaired) electrons. The van der Waals surface area contributed by atoms with Crippen LogP contribution >= 0.6 is 0 Å². The predicted molar refractivity (Wildman–Crippen MR) is 73.3 cm³/mol. The first-order valence-corrected chi connectivity index (χ1v) is 6.58. The fourth-order valence-electron chi connectivity index (χ4n) is 1.44. The summed E-state index contributed by atoms with van der Waals surface area (Å²) in [4.78, 5) is 34.2. The van der Waals surface area contributed by atoms with E-state index >= 15 is 0 Å². The highest BCUT2D eigenvalue weighted by Crippen LogP contribution is 2.01. The van der Waals surface area contributed by atoms with Crippen molar-refractivity contribution in [3.63, 3.8) is 0 Å². The lowest BCUT2D eigenvalue weighted by molar-refractivity contribution is -0.129. The zero-order valence-corrected chi connectivity index (χ0v) is 12.4. The van der Waals surface area contributed by atoms with Gasteiger partial charge in [0.25, 0.3) is 0 Å². The van der Waals surface area contributed by atoms with Gasteiger partial charge in [-0.1, -0.05) is 27.7 Å². The van der Waals surface area contributed by atoms with Crippen molar-refractivity contribution in [2.24, 2.45) is 11.8 Å². The van der Waals surface area contributed by atoms with Crippen LogP contribution in [0.5, 0.6) is 0 Å². The van der Waals surface area contributed by atoms with Crippen LogP contribution in [0.4, 0.5) is 0 Å². The number of hydrogen-bond acceptors (Lipinski definition) is 3.